The SMILES string of the molecule is COc1cc(OC)c2c(c1Cl)O[C@@]1(C(=O)C=C(Nc3ccc(OCCO)cc3)C[C@H]1C)C2=O. The Labute approximate surface area is 196 Å². The molecular formula is C24H24ClNO7. The largest absolute Gasteiger partial charge is 0.496 e. The standard InChI is InChI=1S/C24H24ClNO7/c1-13-10-15(26-14-4-6-16(7-5-14)32-9-8-27)11-19(28)24(13)23(29)20-17(30-2)12-18(31-3)21(25)22(20)33-24/h4-7,11-13,26-27H,8-10H2,1-3H3/t13-,24+/m1/s1. The molecule has 1 heterocycles. The molecule has 0 radical (unpaired) electrons. The van der Waals surface area contributed by atoms with Crippen LogP contribution in [0.15, 0.2) is 42.1 Å². The van der Waals surface area contributed by atoms with E-state index in [0.29, 0.717) is 17.9 Å². The summed E-state index contributed by atoms with van der Waals surface area (Å²) in [5, 5.41) is 12.2. The number of hydrogen-bond donors (Lipinski definition) is 2. The van der Waals surface area contributed by atoms with Crippen molar-refractivity contribution in [3.63, 3.8) is 0 Å². The average molecular weight is 474 g/mol. The predicted molar refractivity (Wildman–Crippen MR) is 122 cm³/mol. The number of anilines is 1. The van der Waals surface area contributed by atoms with Gasteiger partial charge in [-0.25, -0.2) is 0 Å². The number of ether oxygens (including phenoxy) is 4. The minimum Gasteiger partial charge on any atom is -0.496 e. The van der Waals surface area contributed by atoms with E-state index in [1.807, 2.05) is 0 Å². The van der Waals surface area contributed by atoms with E-state index in [4.69, 9.17) is 35.7 Å². The number of aliphatic hydroxyl groups is 1. The first-order chi connectivity index (χ1) is 15.8. The molecule has 2 N–H and O–H groups in total. The number of carbonyl (C=O) groups excluding carboxylic acids is 2. The monoisotopic (exact) mass is 473 g/mol. The van der Waals surface area contributed by atoms with Crippen molar-refractivity contribution in [2.45, 2.75) is 18.9 Å². The summed E-state index contributed by atoms with van der Waals surface area (Å²) in [6, 6.07) is 8.64. The quantitative estimate of drug-likeness (QED) is 0.587. The molecule has 174 valence electrons. The Hall–Kier alpha value is -3.23. The third-order valence-corrected chi connectivity index (χ3v) is 6.19. The van der Waals surface area contributed by atoms with Crippen LogP contribution in [0, 0.1) is 5.92 Å². The van der Waals surface area contributed by atoms with Gasteiger partial charge in [0.15, 0.2) is 5.75 Å². The molecule has 0 unspecified atom stereocenters. The van der Waals surface area contributed by atoms with E-state index in [-0.39, 0.29) is 41.0 Å². The molecule has 0 fully saturated rings. The lowest BCUT2D eigenvalue weighted by atomic mass is 9.74. The van der Waals surface area contributed by atoms with Gasteiger partial charge in [-0.1, -0.05) is 18.5 Å². The Balaban J connectivity index is 1.61. The zero-order valence-corrected chi connectivity index (χ0v) is 19.2. The van der Waals surface area contributed by atoms with Crippen molar-refractivity contribution in [3.8, 4) is 23.0 Å². The highest BCUT2D eigenvalue weighted by molar-refractivity contribution is 6.36. The zero-order chi connectivity index (χ0) is 23.8. The van der Waals surface area contributed by atoms with Gasteiger partial charge in [0.05, 0.1) is 20.8 Å². The smallest absolute Gasteiger partial charge is 0.236 e. The Kier molecular flexibility index (Phi) is 6.23. The highest BCUT2D eigenvalue weighted by atomic mass is 35.5. The van der Waals surface area contributed by atoms with Crippen molar-refractivity contribution in [2.24, 2.45) is 5.92 Å². The summed E-state index contributed by atoms with van der Waals surface area (Å²) in [7, 11) is 2.87. The van der Waals surface area contributed by atoms with Crippen LogP contribution < -0.4 is 24.3 Å². The molecule has 0 bridgehead atoms. The molecule has 2 atom stereocenters. The molecule has 0 amide bonds. The number of halogens is 1. The number of fused-ring (bicyclic) bond motifs is 1. The fraction of sp³-hybridized carbons (Fsp3) is 0.333. The first kappa shape index (κ1) is 22.9. The second-order valence-electron chi connectivity index (χ2n) is 7.83. The van der Waals surface area contributed by atoms with Gasteiger partial charge in [-0.2, -0.15) is 0 Å². The summed E-state index contributed by atoms with van der Waals surface area (Å²) < 4.78 is 22.0. The fourth-order valence-corrected chi connectivity index (χ4v) is 4.46. The van der Waals surface area contributed by atoms with Gasteiger partial charge in [0.1, 0.15) is 34.4 Å². The molecule has 0 saturated heterocycles. The van der Waals surface area contributed by atoms with Crippen LogP contribution in [0.2, 0.25) is 5.02 Å². The maximum absolute atomic E-state index is 13.5. The number of nitrogens with one attached hydrogen (secondary N) is 1. The van der Waals surface area contributed by atoms with Crippen LogP contribution in [0.3, 0.4) is 0 Å². The van der Waals surface area contributed by atoms with Gasteiger partial charge in [-0.05, 0) is 30.7 Å². The molecule has 9 heteroatoms. The molecular weight excluding hydrogens is 450 g/mol. The lowest BCUT2D eigenvalue weighted by Crippen LogP contribution is -2.55. The zero-order valence-electron chi connectivity index (χ0n) is 18.4. The van der Waals surface area contributed by atoms with E-state index < -0.39 is 23.1 Å². The molecule has 2 aromatic rings. The number of ketones is 2. The highest BCUT2D eigenvalue weighted by Crippen LogP contribution is 2.53. The van der Waals surface area contributed by atoms with Crippen LogP contribution >= 0.6 is 11.6 Å². The van der Waals surface area contributed by atoms with E-state index in [1.54, 1.807) is 31.2 Å². The minimum absolute atomic E-state index is 0.0663. The number of rotatable bonds is 7. The molecule has 0 saturated carbocycles. The number of hydrogen-bond acceptors (Lipinski definition) is 8. The lowest BCUT2D eigenvalue weighted by molar-refractivity contribution is -0.129. The van der Waals surface area contributed by atoms with Gasteiger partial charge < -0.3 is 29.4 Å². The summed E-state index contributed by atoms with van der Waals surface area (Å²) >= 11 is 6.41. The molecule has 0 aromatic heterocycles. The average Bonchev–Trinajstić information content (AvgIpc) is 3.12. The third-order valence-electron chi connectivity index (χ3n) is 5.83. The summed E-state index contributed by atoms with van der Waals surface area (Å²) in [4.78, 5) is 26.8. The second-order valence-corrected chi connectivity index (χ2v) is 8.20. The van der Waals surface area contributed by atoms with Gasteiger partial charge >= 0.3 is 0 Å². The number of Topliss-reactive ketones (excluding diaryl/α,β-unsaturated/α-hetero) is 1. The van der Waals surface area contributed by atoms with Crippen molar-refractivity contribution >= 4 is 28.9 Å². The first-order valence-electron chi connectivity index (χ1n) is 10.4. The molecule has 8 nitrogen and oxygen atoms in total. The van der Waals surface area contributed by atoms with E-state index >= 15 is 0 Å². The number of carbonyl (C=O) groups is 2. The van der Waals surface area contributed by atoms with Crippen LogP contribution in [-0.4, -0.2) is 49.7 Å². The maximum atomic E-state index is 13.5. The summed E-state index contributed by atoms with van der Waals surface area (Å²) in [5.41, 5.74) is -0.152. The van der Waals surface area contributed by atoms with Gasteiger partial charge in [0.2, 0.25) is 17.2 Å². The molecule has 2 aromatic carbocycles. The first-order valence-corrected chi connectivity index (χ1v) is 10.8. The van der Waals surface area contributed by atoms with Gasteiger partial charge in [0.25, 0.3) is 0 Å². The summed E-state index contributed by atoms with van der Waals surface area (Å²) in [6.07, 6.45) is 1.79. The van der Waals surface area contributed by atoms with Crippen LogP contribution in [0.1, 0.15) is 23.7 Å². The normalized spacial score (nSPS) is 21.4. The molecule has 4 rings (SSSR count). The number of aliphatic hydroxyl groups excluding tert-OH is 1. The van der Waals surface area contributed by atoms with Gasteiger partial charge in [-0.15, -0.1) is 0 Å². The highest BCUT2D eigenvalue weighted by Gasteiger charge is 2.60. The van der Waals surface area contributed by atoms with E-state index in [9.17, 15) is 9.59 Å². The Morgan fingerprint density at radius 1 is 1.18 bits per heavy atom. The molecule has 1 aliphatic carbocycles. The topological polar surface area (TPSA) is 103 Å². The van der Waals surface area contributed by atoms with Crippen molar-refractivity contribution in [1.82, 2.24) is 0 Å². The Morgan fingerprint density at radius 2 is 1.88 bits per heavy atom. The number of allylic oxidation sites excluding steroid dienone is 1. The number of methoxy groups -OCH3 is 2. The minimum atomic E-state index is -1.71. The van der Waals surface area contributed by atoms with E-state index in [2.05, 4.69) is 5.32 Å². The molecule has 33 heavy (non-hydrogen) atoms. The van der Waals surface area contributed by atoms with Crippen LogP contribution in [-0.2, 0) is 4.79 Å². The predicted octanol–water partition coefficient (Wildman–Crippen LogP) is 3.65. The maximum Gasteiger partial charge on any atom is 0.236 e. The van der Waals surface area contributed by atoms with Crippen LogP contribution in [0.5, 0.6) is 23.0 Å². The Bertz CT molecular complexity index is 1130. The molecule has 1 spiro atoms. The van der Waals surface area contributed by atoms with E-state index in [1.165, 1.54) is 26.4 Å². The van der Waals surface area contributed by atoms with Gasteiger partial charge in [0, 0.05) is 29.4 Å². The Morgan fingerprint density at radius 3 is 2.48 bits per heavy atom. The van der Waals surface area contributed by atoms with Crippen molar-refractivity contribution in [2.75, 3.05) is 32.8 Å². The molecule has 1 aliphatic heterocycles. The van der Waals surface area contributed by atoms with Crippen molar-refractivity contribution in [3.05, 3.63) is 52.7 Å². The second kappa shape index (κ2) is 8.96. The van der Waals surface area contributed by atoms with Crippen molar-refractivity contribution in [1.29, 1.82) is 0 Å². The lowest BCUT2D eigenvalue weighted by Gasteiger charge is -2.35. The van der Waals surface area contributed by atoms with Gasteiger partial charge in [-0.3, -0.25) is 9.59 Å². The molecule has 2 aliphatic rings. The van der Waals surface area contributed by atoms with Crippen LogP contribution in [0.4, 0.5) is 5.69 Å². The third kappa shape index (κ3) is 3.79. The summed E-state index contributed by atoms with van der Waals surface area (Å²) in [5.74, 6) is -0.166. The van der Waals surface area contributed by atoms with Crippen LogP contribution in [0.25, 0.3) is 0 Å². The summed E-state index contributed by atoms with van der Waals surface area (Å²) in [6.45, 7) is 1.94. The van der Waals surface area contributed by atoms with Crippen molar-refractivity contribution < 1.29 is 33.6 Å². The van der Waals surface area contributed by atoms with E-state index in [0.717, 1.165) is 5.69 Å². The fourth-order valence-electron chi connectivity index (χ4n) is 4.20. The number of benzene rings is 2.